The van der Waals surface area contributed by atoms with E-state index in [1.807, 2.05) is 62.4 Å². The maximum absolute atomic E-state index is 5.85. The summed E-state index contributed by atoms with van der Waals surface area (Å²) in [7, 11) is 3.34. The van der Waals surface area contributed by atoms with Crippen molar-refractivity contribution in [2.45, 2.75) is 13.8 Å². The van der Waals surface area contributed by atoms with Gasteiger partial charge >= 0.3 is 0 Å². The average Bonchev–Trinajstić information content (AvgIpc) is 2.97. The van der Waals surface area contributed by atoms with Crippen molar-refractivity contribution in [3.8, 4) is 11.5 Å². The van der Waals surface area contributed by atoms with Crippen molar-refractivity contribution in [1.29, 1.82) is 0 Å². The zero-order valence-corrected chi connectivity index (χ0v) is 16.2. The Labute approximate surface area is 160 Å². The summed E-state index contributed by atoms with van der Waals surface area (Å²) >= 11 is 0. The summed E-state index contributed by atoms with van der Waals surface area (Å²) in [6.45, 7) is 3.98. The Balaban J connectivity index is 1.85. The Morgan fingerprint density at radius 2 is 0.963 bits per heavy atom. The molecule has 0 aliphatic carbocycles. The van der Waals surface area contributed by atoms with E-state index >= 15 is 0 Å². The Morgan fingerprint density at radius 3 is 1.30 bits per heavy atom. The first-order valence-electron chi connectivity index (χ1n) is 8.85. The third-order valence-corrected chi connectivity index (χ3v) is 4.47. The largest absolute Gasteiger partial charge is 0.497 e. The molecular formula is C24H24O3. The van der Waals surface area contributed by atoms with Gasteiger partial charge in [0.25, 0.3) is 0 Å². The predicted molar refractivity (Wildman–Crippen MR) is 112 cm³/mol. The number of hydrogen-bond donors (Lipinski definition) is 0. The molecule has 2 aromatic carbocycles. The Kier molecular flexibility index (Phi) is 5.82. The van der Waals surface area contributed by atoms with E-state index in [0.717, 1.165) is 45.3 Å². The lowest BCUT2D eigenvalue weighted by atomic mass is 10.0. The number of aryl methyl sites for hydroxylation is 2. The normalized spacial score (nSPS) is 11.4. The monoisotopic (exact) mass is 360 g/mol. The van der Waals surface area contributed by atoms with E-state index in [0.29, 0.717) is 0 Å². The minimum absolute atomic E-state index is 0.852. The smallest absolute Gasteiger partial charge is 0.118 e. The molecule has 3 heteroatoms. The standard InChI is InChI=1S/C24H24O3/c1-17-23(15-9-19-5-11-21(25-3)12-6-19)24(18(2)27-17)16-10-20-7-13-22(26-4)14-8-20/h5-16H,1-4H3/b15-9+,16-10+. The number of methoxy groups -OCH3 is 2. The molecule has 0 saturated heterocycles. The van der Waals surface area contributed by atoms with Crippen molar-refractivity contribution in [1.82, 2.24) is 0 Å². The van der Waals surface area contributed by atoms with Crippen molar-refractivity contribution in [3.05, 3.63) is 82.3 Å². The molecule has 3 rings (SSSR count). The van der Waals surface area contributed by atoms with Gasteiger partial charge in [0, 0.05) is 11.1 Å². The van der Waals surface area contributed by atoms with Gasteiger partial charge in [-0.1, -0.05) is 48.6 Å². The van der Waals surface area contributed by atoms with Gasteiger partial charge in [-0.25, -0.2) is 0 Å². The number of hydrogen-bond acceptors (Lipinski definition) is 3. The van der Waals surface area contributed by atoms with E-state index in [9.17, 15) is 0 Å². The second-order valence-electron chi connectivity index (χ2n) is 6.25. The van der Waals surface area contributed by atoms with E-state index in [2.05, 4.69) is 24.3 Å². The molecule has 1 heterocycles. The average molecular weight is 360 g/mol. The molecule has 27 heavy (non-hydrogen) atoms. The van der Waals surface area contributed by atoms with Gasteiger partial charge in [-0.15, -0.1) is 0 Å². The molecule has 0 saturated carbocycles. The molecule has 0 aliphatic rings. The lowest BCUT2D eigenvalue weighted by Gasteiger charge is -2.00. The zero-order valence-electron chi connectivity index (χ0n) is 16.2. The summed E-state index contributed by atoms with van der Waals surface area (Å²) in [5, 5.41) is 0. The van der Waals surface area contributed by atoms with Crippen LogP contribution in [-0.2, 0) is 0 Å². The highest BCUT2D eigenvalue weighted by Crippen LogP contribution is 2.27. The van der Waals surface area contributed by atoms with Crippen LogP contribution in [0.25, 0.3) is 24.3 Å². The third-order valence-electron chi connectivity index (χ3n) is 4.47. The second-order valence-corrected chi connectivity index (χ2v) is 6.25. The fraction of sp³-hybridized carbons (Fsp3) is 0.167. The molecule has 0 aliphatic heterocycles. The molecule has 0 unspecified atom stereocenters. The van der Waals surface area contributed by atoms with Gasteiger partial charge in [-0.05, 0) is 49.2 Å². The summed E-state index contributed by atoms with van der Waals surface area (Å²) in [4.78, 5) is 0. The van der Waals surface area contributed by atoms with Crippen molar-refractivity contribution in [3.63, 3.8) is 0 Å². The van der Waals surface area contributed by atoms with Gasteiger partial charge in [0.15, 0.2) is 0 Å². The number of ether oxygens (including phenoxy) is 2. The lowest BCUT2D eigenvalue weighted by molar-refractivity contribution is 0.414. The van der Waals surface area contributed by atoms with Gasteiger partial charge in [-0.3, -0.25) is 0 Å². The fourth-order valence-electron chi connectivity index (χ4n) is 2.92. The van der Waals surface area contributed by atoms with Crippen LogP contribution >= 0.6 is 0 Å². The number of rotatable bonds is 6. The highest BCUT2D eigenvalue weighted by molar-refractivity contribution is 5.81. The van der Waals surface area contributed by atoms with Crippen LogP contribution < -0.4 is 9.47 Å². The van der Waals surface area contributed by atoms with E-state index in [4.69, 9.17) is 13.9 Å². The Hall–Kier alpha value is -3.20. The minimum Gasteiger partial charge on any atom is -0.497 e. The maximum Gasteiger partial charge on any atom is 0.118 e. The summed E-state index contributed by atoms with van der Waals surface area (Å²) in [6.07, 6.45) is 8.37. The summed E-state index contributed by atoms with van der Waals surface area (Å²) in [6, 6.07) is 16.0. The van der Waals surface area contributed by atoms with Crippen LogP contribution in [0.15, 0.2) is 52.9 Å². The van der Waals surface area contributed by atoms with Crippen LogP contribution in [0.2, 0.25) is 0 Å². The second kappa shape index (κ2) is 8.45. The highest BCUT2D eigenvalue weighted by Gasteiger charge is 2.10. The maximum atomic E-state index is 5.85. The van der Waals surface area contributed by atoms with Gasteiger partial charge in [-0.2, -0.15) is 0 Å². The molecule has 0 bridgehead atoms. The van der Waals surface area contributed by atoms with E-state index in [-0.39, 0.29) is 0 Å². The molecule has 0 spiro atoms. The first-order chi connectivity index (χ1) is 13.1. The molecule has 138 valence electrons. The van der Waals surface area contributed by atoms with Crippen LogP contribution in [0.1, 0.15) is 33.8 Å². The first kappa shape index (κ1) is 18.6. The molecule has 0 fully saturated rings. The molecule has 3 nitrogen and oxygen atoms in total. The SMILES string of the molecule is COc1ccc(/C=C/c2c(C)oc(C)c2/C=C/c2ccc(OC)cc2)cc1. The predicted octanol–water partition coefficient (Wildman–Crippen LogP) is 6.25. The highest BCUT2D eigenvalue weighted by atomic mass is 16.5. The zero-order chi connectivity index (χ0) is 19.2. The fourth-order valence-corrected chi connectivity index (χ4v) is 2.92. The Morgan fingerprint density at radius 1 is 0.593 bits per heavy atom. The number of benzene rings is 2. The molecular weight excluding hydrogens is 336 g/mol. The molecule has 0 amide bonds. The molecule has 3 aromatic rings. The van der Waals surface area contributed by atoms with Crippen LogP contribution in [0.3, 0.4) is 0 Å². The van der Waals surface area contributed by atoms with Crippen LogP contribution in [0, 0.1) is 13.8 Å². The lowest BCUT2D eigenvalue weighted by Crippen LogP contribution is -1.82. The molecule has 0 radical (unpaired) electrons. The summed E-state index contributed by atoms with van der Waals surface area (Å²) < 4.78 is 16.3. The van der Waals surface area contributed by atoms with Gasteiger partial charge in [0.05, 0.1) is 14.2 Å². The third kappa shape index (κ3) is 4.50. The van der Waals surface area contributed by atoms with Crippen LogP contribution in [0.5, 0.6) is 11.5 Å². The van der Waals surface area contributed by atoms with Crippen molar-refractivity contribution in [2.24, 2.45) is 0 Å². The van der Waals surface area contributed by atoms with Crippen molar-refractivity contribution < 1.29 is 13.9 Å². The van der Waals surface area contributed by atoms with E-state index < -0.39 is 0 Å². The number of furan rings is 1. The van der Waals surface area contributed by atoms with Crippen LogP contribution in [-0.4, -0.2) is 14.2 Å². The van der Waals surface area contributed by atoms with Crippen molar-refractivity contribution in [2.75, 3.05) is 14.2 Å². The summed E-state index contributed by atoms with van der Waals surface area (Å²) in [5.74, 6) is 3.52. The van der Waals surface area contributed by atoms with Crippen molar-refractivity contribution >= 4 is 24.3 Å². The summed E-state index contributed by atoms with van der Waals surface area (Å²) in [5.41, 5.74) is 4.40. The molecule has 0 N–H and O–H groups in total. The quantitative estimate of drug-likeness (QED) is 0.520. The Bertz CT molecular complexity index is 865. The minimum atomic E-state index is 0.852. The van der Waals surface area contributed by atoms with E-state index in [1.165, 1.54) is 0 Å². The van der Waals surface area contributed by atoms with Gasteiger partial charge < -0.3 is 13.9 Å². The van der Waals surface area contributed by atoms with E-state index in [1.54, 1.807) is 14.2 Å². The van der Waals surface area contributed by atoms with Gasteiger partial charge in [0.2, 0.25) is 0 Å². The van der Waals surface area contributed by atoms with Gasteiger partial charge in [0.1, 0.15) is 23.0 Å². The first-order valence-corrected chi connectivity index (χ1v) is 8.85. The molecule has 1 aromatic heterocycles. The molecule has 0 atom stereocenters. The van der Waals surface area contributed by atoms with Crippen LogP contribution in [0.4, 0.5) is 0 Å². The topological polar surface area (TPSA) is 31.6 Å².